The number of carbonyl (C=O) groups is 2. The van der Waals surface area contributed by atoms with E-state index in [2.05, 4.69) is 4.90 Å². The fourth-order valence-electron chi connectivity index (χ4n) is 7.95. The van der Waals surface area contributed by atoms with E-state index in [-0.39, 0.29) is 43.0 Å². The number of hydrogen-bond donors (Lipinski definition) is 3. The number of cyclic esters (lactones) is 1. The van der Waals surface area contributed by atoms with Gasteiger partial charge in [0.05, 0.1) is 36.4 Å². The van der Waals surface area contributed by atoms with E-state index in [1.807, 2.05) is 52.8 Å². The van der Waals surface area contributed by atoms with Gasteiger partial charge in [-0.3, -0.25) is 9.69 Å². The standard InChI is InChI=1S/C40H66N2O9/c1-8-32(44)29(4)37-33(49-37)26-39(5,47)19-11-13-27(2)36-28(3)16-17-34(40(6,48-7)20-18-31(43)25-35(45)51-36)50-38(46)42-22-12-21-41(23-24-42)30-14-9-10-15-30/h11,13,16-17,19,28-34,36-37,43-44,47H,8-10,12,14-15,18,20-26H2,1-7H3/b17-16+,19-11+,27-13+. The van der Waals surface area contributed by atoms with Crippen molar-refractivity contribution in [2.45, 2.75) is 160 Å². The molecule has 10 unspecified atom stereocenters. The van der Waals surface area contributed by atoms with E-state index in [0.29, 0.717) is 38.4 Å². The third kappa shape index (κ3) is 11.9. The summed E-state index contributed by atoms with van der Waals surface area (Å²) in [4.78, 5) is 31.0. The van der Waals surface area contributed by atoms with Crippen LogP contribution >= 0.6 is 0 Å². The van der Waals surface area contributed by atoms with Crippen molar-refractivity contribution in [1.82, 2.24) is 9.80 Å². The molecule has 4 aliphatic rings. The van der Waals surface area contributed by atoms with Gasteiger partial charge >= 0.3 is 12.1 Å². The molecule has 1 amide bonds. The van der Waals surface area contributed by atoms with Crippen molar-refractivity contribution in [3.8, 4) is 0 Å². The summed E-state index contributed by atoms with van der Waals surface area (Å²) in [5.41, 5.74) is -1.34. The third-order valence-corrected chi connectivity index (χ3v) is 11.7. The molecule has 10 atom stereocenters. The smallest absolute Gasteiger partial charge is 0.410 e. The molecule has 3 heterocycles. The second kappa shape index (κ2) is 18.7. The van der Waals surface area contributed by atoms with Crippen molar-refractivity contribution in [1.29, 1.82) is 0 Å². The number of aliphatic hydroxyl groups excluding tert-OH is 2. The van der Waals surface area contributed by atoms with E-state index < -0.39 is 41.6 Å². The summed E-state index contributed by atoms with van der Waals surface area (Å²) in [6.45, 7) is 14.4. The molecule has 0 spiro atoms. The highest BCUT2D eigenvalue weighted by Gasteiger charge is 2.47. The van der Waals surface area contributed by atoms with E-state index in [1.54, 1.807) is 31.1 Å². The number of carbonyl (C=O) groups excluding carboxylic acids is 2. The molecule has 0 bridgehead atoms. The van der Waals surface area contributed by atoms with Gasteiger partial charge in [0.15, 0.2) is 6.10 Å². The largest absolute Gasteiger partial charge is 0.457 e. The summed E-state index contributed by atoms with van der Waals surface area (Å²) in [5, 5.41) is 32.1. The van der Waals surface area contributed by atoms with Gasteiger partial charge in [0, 0.05) is 57.6 Å². The molecule has 11 nitrogen and oxygen atoms in total. The first kappa shape index (κ1) is 41.5. The summed E-state index contributed by atoms with van der Waals surface area (Å²) < 4.78 is 23.9. The molecule has 3 N–H and O–H groups in total. The average molecular weight is 719 g/mol. The number of nitrogens with zero attached hydrogens (tertiary/aromatic N) is 2. The van der Waals surface area contributed by atoms with Crippen molar-refractivity contribution in [3.05, 3.63) is 36.0 Å². The van der Waals surface area contributed by atoms with Crippen LogP contribution in [-0.2, 0) is 23.7 Å². The number of epoxide rings is 1. The fraction of sp³-hybridized carbons (Fsp3) is 0.800. The number of aliphatic hydroxyl groups is 3. The molecule has 3 fully saturated rings. The lowest BCUT2D eigenvalue weighted by Crippen LogP contribution is -2.47. The highest BCUT2D eigenvalue weighted by atomic mass is 16.6. The van der Waals surface area contributed by atoms with Crippen LogP contribution in [0.3, 0.4) is 0 Å². The third-order valence-electron chi connectivity index (χ3n) is 11.7. The van der Waals surface area contributed by atoms with Crippen LogP contribution in [0.5, 0.6) is 0 Å². The average Bonchev–Trinajstić information content (AvgIpc) is 3.71. The van der Waals surface area contributed by atoms with Crippen LogP contribution in [0.4, 0.5) is 4.79 Å². The van der Waals surface area contributed by atoms with Crippen molar-refractivity contribution in [2.75, 3.05) is 33.3 Å². The highest BCUT2D eigenvalue weighted by Crippen LogP contribution is 2.38. The van der Waals surface area contributed by atoms with Crippen LogP contribution in [0, 0.1) is 11.8 Å². The second-order valence-corrected chi connectivity index (χ2v) is 16.0. The van der Waals surface area contributed by atoms with Gasteiger partial charge < -0.3 is 39.2 Å². The van der Waals surface area contributed by atoms with Gasteiger partial charge in [0.25, 0.3) is 0 Å². The summed E-state index contributed by atoms with van der Waals surface area (Å²) in [7, 11) is 1.58. The Hall–Kier alpha value is -2.28. The van der Waals surface area contributed by atoms with E-state index in [4.69, 9.17) is 18.9 Å². The number of amides is 1. The predicted molar refractivity (Wildman–Crippen MR) is 196 cm³/mol. The molecule has 1 saturated carbocycles. The predicted octanol–water partition coefficient (Wildman–Crippen LogP) is 5.31. The number of hydrogen-bond acceptors (Lipinski definition) is 10. The Morgan fingerprint density at radius 2 is 1.88 bits per heavy atom. The quantitative estimate of drug-likeness (QED) is 0.111. The first-order valence-electron chi connectivity index (χ1n) is 19.4. The first-order chi connectivity index (χ1) is 24.2. The lowest BCUT2D eigenvalue weighted by atomic mass is 9.88. The first-order valence-corrected chi connectivity index (χ1v) is 19.4. The minimum atomic E-state index is -1.14. The van der Waals surface area contributed by atoms with E-state index >= 15 is 0 Å². The van der Waals surface area contributed by atoms with Crippen LogP contribution in [0.15, 0.2) is 36.0 Å². The van der Waals surface area contributed by atoms with Gasteiger partial charge in [0.1, 0.15) is 11.7 Å². The number of methoxy groups -OCH3 is 1. The molecule has 2 saturated heterocycles. The highest BCUT2D eigenvalue weighted by molar-refractivity contribution is 5.70. The molecule has 51 heavy (non-hydrogen) atoms. The normalized spacial score (nSPS) is 35.2. The van der Waals surface area contributed by atoms with Crippen LogP contribution in [0.2, 0.25) is 0 Å². The van der Waals surface area contributed by atoms with Crippen LogP contribution < -0.4 is 0 Å². The zero-order valence-corrected chi connectivity index (χ0v) is 32.2. The Balaban J connectivity index is 1.47. The van der Waals surface area contributed by atoms with Gasteiger partial charge in [-0.2, -0.15) is 0 Å². The topological polar surface area (TPSA) is 142 Å². The van der Waals surface area contributed by atoms with Gasteiger partial charge in [-0.15, -0.1) is 0 Å². The van der Waals surface area contributed by atoms with Crippen molar-refractivity contribution < 1.29 is 43.9 Å². The van der Waals surface area contributed by atoms with Crippen LogP contribution in [0.1, 0.15) is 106 Å². The van der Waals surface area contributed by atoms with Gasteiger partial charge in [-0.1, -0.05) is 57.9 Å². The molecular weight excluding hydrogens is 652 g/mol. The summed E-state index contributed by atoms with van der Waals surface area (Å²) >= 11 is 0. The maximum atomic E-state index is 13.7. The van der Waals surface area contributed by atoms with Gasteiger partial charge in [-0.05, 0) is 70.9 Å². The van der Waals surface area contributed by atoms with E-state index in [0.717, 1.165) is 25.1 Å². The van der Waals surface area contributed by atoms with Crippen LogP contribution in [-0.4, -0.2) is 124 Å². The Morgan fingerprint density at radius 3 is 2.57 bits per heavy atom. The molecule has 4 rings (SSSR count). The summed E-state index contributed by atoms with van der Waals surface area (Å²) in [5.74, 6) is -0.826. The zero-order valence-electron chi connectivity index (χ0n) is 32.2. The lowest BCUT2D eigenvalue weighted by Gasteiger charge is -2.37. The number of rotatable bonds is 11. The minimum Gasteiger partial charge on any atom is -0.457 e. The van der Waals surface area contributed by atoms with Crippen molar-refractivity contribution >= 4 is 12.1 Å². The monoisotopic (exact) mass is 718 g/mol. The second-order valence-electron chi connectivity index (χ2n) is 16.0. The molecule has 0 aromatic carbocycles. The van der Waals surface area contributed by atoms with Crippen molar-refractivity contribution in [3.63, 3.8) is 0 Å². The molecule has 290 valence electrons. The fourth-order valence-corrected chi connectivity index (χ4v) is 7.95. The molecular formula is C40H66N2O9. The maximum absolute atomic E-state index is 13.7. The zero-order chi connectivity index (χ0) is 37.3. The van der Waals surface area contributed by atoms with Crippen LogP contribution in [0.25, 0.3) is 0 Å². The van der Waals surface area contributed by atoms with Crippen molar-refractivity contribution in [2.24, 2.45) is 11.8 Å². The minimum absolute atomic E-state index is 0.00261. The molecule has 11 heteroatoms. The van der Waals surface area contributed by atoms with E-state index in [1.165, 1.54) is 25.7 Å². The molecule has 0 radical (unpaired) electrons. The van der Waals surface area contributed by atoms with Gasteiger partial charge in [0.2, 0.25) is 0 Å². The summed E-state index contributed by atoms with van der Waals surface area (Å²) in [6.07, 6.45) is 13.1. The Morgan fingerprint density at radius 1 is 1.16 bits per heavy atom. The Bertz CT molecular complexity index is 1230. The maximum Gasteiger partial charge on any atom is 0.410 e. The van der Waals surface area contributed by atoms with Gasteiger partial charge in [-0.25, -0.2) is 4.79 Å². The molecule has 0 aromatic heterocycles. The number of ether oxygens (including phenoxy) is 4. The Labute approximate surface area is 306 Å². The number of allylic oxidation sites excluding steroid dienone is 2. The van der Waals surface area contributed by atoms with E-state index in [9.17, 15) is 24.9 Å². The SMILES string of the molecule is CCC(O)C(C)C1OC1CC(C)(O)/C=C/C=C(\C)C1OC(=O)CC(O)CCC(C)(OC)C(OC(=O)N2CCCN(C3CCCC3)CC2)/C=C/C1C. The number of esters is 1. The Kier molecular flexibility index (Phi) is 15.2. The molecule has 3 aliphatic heterocycles. The molecule has 1 aliphatic carbocycles. The summed E-state index contributed by atoms with van der Waals surface area (Å²) in [6, 6.07) is 0.614. The lowest BCUT2D eigenvalue weighted by molar-refractivity contribution is -0.151. The molecule has 0 aromatic rings.